The second-order valence-corrected chi connectivity index (χ2v) is 16.7. The number of hydrogen-bond acceptors (Lipinski definition) is 11. The molecule has 4 saturated carbocycles. The summed E-state index contributed by atoms with van der Waals surface area (Å²) in [4.78, 5) is 15.4. The quantitative estimate of drug-likeness (QED) is 0.225. The SMILES string of the molecule is COc1cc(C(=O)NC2CCC3(C)C4(CCC5C6(O)CC(O)C7(O)C(CN8CC(C)CCC8C7(C)O)C6(O)CC53O4)C2O)ccc1O. The van der Waals surface area contributed by atoms with Gasteiger partial charge in [-0.15, -0.1) is 0 Å². The summed E-state index contributed by atoms with van der Waals surface area (Å²) in [6, 6.07) is 3.29. The maximum Gasteiger partial charge on any atom is 0.251 e. The Bertz CT molecular complexity index is 1510. The second kappa shape index (κ2) is 9.60. The van der Waals surface area contributed by atoms with Crippen molar-refractivity contribution < 1.29 is 50.0 Å². The number of carbonyl (C=O) groups excluding carboxylic acids is 1. The third kappa shape index (κ3) is 3.49. The van der Waals surface area contributed by atoms with E-state index in [0.29, 0.717) is 44.6 Å². The maximum absolute atomic E-state index is 13.3. The van der Waals surface area contributed by atoms with Crippen molar-refractivity contribution in [3.8, 4) is 11.5 Å². The Balaban J connectivity index is 1.11. The number of piperidine rings is 2. The summed E-state index contributed by atoms with van der Waals surface area (Å²) in [6.07, 6.45) is 0.453. The van der Waals surface area contributed by atoms with Gasteiger partial charge in [0.05, 0.1) is 24.9 Å². The van der Waals surface area contributed by atoms with Crippen molar-refractivity contribution in [2.75, 3.05) is 20.2 Å². The van der Waals surface area contributed by atoms with Crippen molar-refractivity contribution in [1.82, 2.24) is 10.2 Å². The molecule has 8 N–H and O–H groups in total. The van der Waals surface area contributed by atoms with E-state index in [0.717, 1.165) is 6.42 Å². The summed E-state index contributed by atoms with van der Waals surface area (Å²) in [6.45, 7) is 6.65. The molecule has 12 nitrogen and oxygen atoms in total. The van der Waals surface area contributed by atoms with Crippen molar-refractivity contribution in [1.29, 1.82) is 0 Å². The van der Waals surface area contributed by atoms with E-state index in [4.69, 9.17) is 9.47 Å². The summed E-state index contributed by atoms with van der Waals surface area (Å²) in [5, 5.41) is 86.6. The topological polar surface area (TPSA) is 192 Å². The van der Waals surface area contributed by atoms with E-state index >= 15 is 0 Å². The molecule has 0 aromatic heterocycles. The van der Waals surface area contributed by atoms with E-state index in [1.54, 1.807) is 6.92 Å². The molecular formula is C35H50N2O10. The molecule has 7 aliphatic rings. The van der Waals surface area contributed by atoms with Crippen LogP contribution in [0.25, 0.3) is 0 Å². The van der Waals surface area contributed by atoms with Crippen LogP contribution < -0.4 is 10.1 Å². The van der Waals surface area contributed by atoms with Crippen LogP contribution in [0.5, 0.6) is 11.5 Å². The lowest BCUT2D eigenvalue weighted by Crippen LogP contribution is -2.87. The third-order valence-electron chi connectivity index (χ3n) is 14.9. The Labute approximate surface area is 274 Å². The van der Waals surface area contributed by atoms with E-state index in [-0.39, 0.29) is 42.5 Å². The fourth-order valence-corrected chi connectivity index (χ4v) is 12.5. The summed E-state index contributed by atoms with van der Waals surface area (Å²) in [7, 11) is 1.40. The monoisotopic (exact) mass is 658 g/mol. The van der Waals surface area contributed by atoms with Crippen molar-refractivity contribution in [3.63, 3.8) is 0 Å². The highest BCUT2D eigenvalue weighted by molar-refractivity contribution is 5.95. The number of rotatable bonds is 3. The average molecular weight is 659 g/mol. The van der Waals surface area contributed by atoms with Crippen LogP contribution in [0.2, 0.25) is 0 Å². The summed E-state index contributed by atoms with van der Waals surface area (Å²) >= 11 is 0. The number of ether oxygens (including phenoxy) is 2. The van der Waals surface area contributed by atoms with Crippen LogP contribution in [0.15, 0.2) is 18.2 Å². The number of nitrogens with one attached hydrogen (secondary N) is 1. The first-order chi connectivity index (χ1) is 22.0. The molecule has 3 heterocycles. The summed E-state index contributed by atoms with van der Waals surface area (Å²) in [5.74, 6) is -1.61. The van der Waals surface area contributed by atoms with Gasteiger partial charge in [0.25, 0.3) is 5.91 Å². The van der Waals surface area contributed by atoms with Crippen molar-refractivity contribution in [3.05, 3.63) is 23.8 Å². The number of aromatic hydroxyl groups is 1. The van der Waals surface area contributed by atoms with Gasteiger partial charge in [0.1, 0.15) is 34.1 Å². The molecule has 3 saturated heterocycles. The fourth-order valence-electron chi connectivity index (χ4n) is 12.5. The van der Waals surface area contributed by atoms with Gasteiger partial charge in [0.15, 0.2) is 11.5 Å². The van der Waals surface area contributed by atoms with Crippen LogP contribution >= 0.6 is 0 Å². The number of hydrogen-bond donors (Lipinski definition) is 8. The van der Waals surface area contributed by atoms with E-state index < -0.39 is 75.0 Å². The first kappa shape index (κ1) is 32.2. The molecule has 3 aliphatic heterocycles. The van der Waals surface area contributed by atoms with E-state index in [2.05, 4.69) is 17.1 Å². The molecule has 2 bridgehead atoms. The highest BCUT2D eigenvalue weighted by Crippen LogP contribution is 2.80. The molecule has 4 aliphatic carbocycles. The predicted octanol–water partition coefficient (Wildman–Crippen LogP) is 0.421. The molecule has 12 heteroatoms. The molecule has 14 unspecified atom stereocenters. The molecule has 0 radical (unpaired) electrons. The molecule has 8 rings (SSSR count). The molecule has 260 valence electrons. The predicted molar refractivity (Wildman–Crippen MR) is 166 cm³/mol. The zero-order valence-corrected chi connectivity index (χ0v) is 27.6. The van der Waals surface area contributed by atoms with Crippen LogP contribution in [0.1, 0.15) is 82.5 Å². The number of methoxy groups -OCH3 is 1. The lowest BCUT2D eigenvalue weighted by Gasteiger charge is -2.77. The number of nitrogens with zero attached hydrogens (tertiary/aromatic N) is 1. The molecule has 1 aromatic carbocycles. The van der Waals surface area contributed by atoms with E-state index in [1.165, 1.54) is 25.3 Å². The molecule has 14 atom stereocenters. The normalized spacial score (nSPS) is 54.6. The number of aliphatic hydroxyl groups is 6. The minimum Gasteiger partial charge on any atom is -0.504 e. The minimum atomic E-state index is -2.06. The number of phenols is 1. The lowest BCUT2D eigenvalue weighted by molar-refractivity contribution is -0.452. The van der Waals surface area contributed by atoms with Gasteiger partial charge in [-0.1, -0.05) is 13.8 Å². The number of carbonyl (C=O) groups is 1. The van der Waals surface area contributed by atoms with Crippen molar-refractivity contribution in [2.45, 2.75) is 130 Å². The molecule has 1 amide bonds. The Hall–Kier alpha value is -2.03. The maximum atomic E-state index is 13.3. The number of amides is 1. The molecule has 47 heavy (non-hydrogen) atoms. The number of phenolic OH excluding ortho intramolecular Hbond substituents is 1. The molecule has 7 fully saturated rings. The van der Waals surface area contributed by atoms with Crippen molar-refractivity contribution in [2.24, 2.45) is 23.2 Å². The van der Waals surface area contributed by atoms with Gasteiger partial charge in [0, 0.05) is 54.8 Å². The minimum absolute atomic E-state index is 0.000300. The highest BCUT2D eigenvalue weighted by Gasteiger charge is 2.91. The van der Waals surface area contributed by atoms with Gasteiger partial charge in [-0.25, -0.2) is 0 Å². The van der Waals surface area contributed by atoms with Gasteiger partial charge in [0.2, 0.25) is 0 Å². The van der Waals surface area contributed by atoms with Gasteiger partial charge in [-0.2, -0.15) is 0 Å². The number of aliphatic hydroxyl groups excluding tert-OH is 2. The Morgan fingerprint density at radius 3 is 2.45 bits per heavy atom. The van der Waals surface area contributed by atoms with Gasteiger partial charge >= 0.3 is 0 Å². The molecule has 1 spiro atoms. The fraction of sp³-hybridized carbons (Fsp3) is 0.800. The average Bonchev–Trinajstić information content (AvgIpc) is 3.24. The van der Waals surface area contributed by atoms with E-state index in [1.807, 2.05) is 6.92 Å². The summed E-state index contributed by atoms with van der Waals surface area (Å²) < 4.78 is 12.0. The highest BCUT2D eigenvalue weighted by atomic mass is 16.6. The first-order valence-electron chi connectivity index (χ1n) is 17.3. The Morgan fingerprint density at radius 2 is 1.72 bits per heavy atom. The van der Waals surface area contributed by atoms with Crippen LogP contribution in [-0.2, 0) is 4.74 Å². The largest absolute Gasteiger partial charge is 0.504 e. The zero-order chi connectivity index (χ0) is 33.7. The van der Waals surface area contributed by atoms with Crippen LogP contribution in [0, 0.1) is 23.2 Å². The van der Waals surface area contributed by atoms with Crippen molar-refractivity contribution >= 4 is 5.91 Å². The smallest absolute Gasteiger partial charge is 0.251 e. The third-order valence-corrected chi connectivity index (χ3v) is 14.9. The standard InChI is InChI=1S/C35H50N2O10/c1-18-5-8-25-30(3,42)35(45)24(16-37(25)15-18)32(44)17-34-23(31(32,43)14-26(35)39)10-12-33(47-34)27(40)20(9-11-29(33,34)2)36-28(41)19-6-7-21(38)22(13-19)46-4/h6-7,13,18,20,23-27,38-40,42-45H,5,8-12,14-17H2,1-4H3,(H,36,41). The van der Waals surface area contributed by atoms with E-state index in [9.17, 15) is 40.5 Å². The molecule has 1 aromatic rings. The van der Waals surface area contributed by atoms with Crippen LogP contribution in [-0.4, -0.2) is 125 Å². The first-order valence-corrected chi connectivity index (χ1v) is 17.3. The zero-order valence-electron chi connectivity index (χ0n) is 27.6. The Morgan fingerprint density at radius 1 is 0.979 bits per heavy atom. The lowest BCUT2D eigenvalue weighted by atomic mass is 9.41. The van der Waals surface area contributed by atoms with Gasteiger partial charge in [-0.05, 0) is 69.6 Å². The summed E-state index contributed by atoms with van der Waals surface area (Å²) in [5.41, 5.74) is -9.95. The Kier molecular flexibility index (Phi) is 6.57. The number of fused-ring (bicyclic) bond motifs is 5. The molecular weight excluding hydrogens is 608 g/mol. The van der Waals surface area contributed by atoms with Crippen LogP contribution in [0.4, 0.5) is 0 Å². The van der Waals surface area contributed by atoms with Crippen LogP contribution in [0.3, 0.4) is 0 Å². The van der Waals surface area contributed by atoms with Gasteiger partial charge in [-0.3, -0.25) is 9.69 Å². The second-order valence-electron chi connectivity index (χ2n) is 16.7. The van der Waals surface area contributed by atoms with Gasteiger partial charge < -0.3 is 50.5 Å². The number of benzene rings is 1.